The van der Waals surface area contributed by atoms with Gasteiger partial charge >= 0.3 is 0 Å². The summed E-state index contributed by atoms with van der Waals surface area (Å²) in [5, 5.41) is 11.0. The van der Waals surface area contributed by atoms with Crippen LogP contribution in [0.3, 0.4) is 0 Å². The van der Waals surface area contributed by atoms with Gasteiger partial charge in [-0.2, -0.15) is 0 Å². The number of hydrogen-bond donors (Lipinski definition) is 0. The molecule has 1 saturated carbocycles. The number of ether oxygens (including phenoxy) is 1. The minimum Gasteiger partial charge on any atom is -0.370 e. The first-order chi connectivity index (χ1) is 10.1. The lowest BCUT2D eigenvalue weighted by atomic mass is 10.2. The zero-order valence-corrected chi connectivity index (χ0v) is 12.0. The first-order valence-electron chi connectivity index (χ1n) is 6.94. The van der Waals surface area contributed by atoms with Crippen LogP contribution in [-0.2, 0) is 11.3 Å². The molecule has 2 aromatic rings. The number of rotatable bonds is 4. The lowest BCUT2D eigenvalue weighted by Crippen LogP contribution is -2.18. The molecule has 2 fully saturated rings. The molecule has 0 amide bonds. The SMILES string of the molecule is FC1(F)COC(Cn2cc(-c3nc(C4CC4)cs3)nn2)C1. The molecule has 1 unspecified atom stereocenters. The fourth-order valence-electron chi connectivity index (χ4n) is 2.47. The number of alkyl halides is 2. The largest absolute Gasteiger partial charge is 0.370 e. The average Bonchev–Trinajstić information content (AvgIpc) is 2.87. The van der Waals surface area contributed by atoms with Gasteiger partial charge in [0, 0.05) is 17.7 Å². The summed E-state index contributed by atoms with van der Waals surface area (Å²) in [6.45, 7) is -0.208. The number of hydrogen-bond acceptors (Lipinski definition) is 5. The highest BCUT2D eigenvalue weighted by atomic mass is 32.1. The van der Waals surface area contributed by atoms with Crippen LogP contribution < -0.4 is 0 Å². The smallest absolute Gasteiger partial charge is 0.273 e. The van der Waals surface area contributed by atoms with Crippen molar-refractivity contribution < 1.29 is 13.5 Å². The van der Waals surface area contributed by atoms with E-state index in [1.54, 1.807) is 22.2 Å². The predicted octanol–water partition coefficient (Wildman–Crippen LogP) is 2.70. The van der Waals surface area contributed by atoms with Gasteiger partial charge in [-0.3, -0.25) is 0 Å². The second kappa shape index (κ2) is 4.81. The molecule has 1 saturated heterocycles. The van der Waals surface area contributed by atoms with Gasteiger partial charge in [-0.05, 0) is 12.8 Å². The second-order valence-corrected chi connectivity index (χ2v) is 6.53. The molecule has 8 heteroatoms. The summed E-state index contributed by atoms with van der Waals surface area (Å²) >= 11 is 1.55. The Morgan fingerprint density at radius 2 is 2.29 bits per heavy atom. The normalized spacial score (nSPS) is 24.6. The van der Waals surface area contributed by atoms with Crippen molar-refractivity contribution in [2.45, 2.75) is 43.8 Å². The topological polar surface area (TPSA) is 52.8 Å². The summed E-state index contributed by atoms with van der Waals surface area (Å²) in [5.74, 6) is -2.11. The van der Waals surface area contributed by atoms with Crippen molar-refractivity contribution in [3.05, 3.63) is 17.3 Å². The molecule has 4 rings (SSSR count). The number of nitrogens with zero attached hydrogens (tertiary/aromatic N) is 4. The van der Waals surface area contributed by atoms with Crippen molar-refractivity contribution in [1.29, 1.82) is 0 Å². The molecule has 0 bridgehead atoms. The van der Waals surface area contributed by atoms with E-state index in [0.717, 1.165) is 10.7 Å². The Labute approximate surface area is 123 Å². The quantitative estimate of drug-likeness (QED) is 0.871. The van der Waals surface area contributed by atoms with E-state index >= 15 is 0 Å². The Balaban J connectivity index is 1.45. The van der Waals surface area contributed by atoms with E-state index in [9.17, 15) is 8.78 Å². The Morgan fingerprint density at radius 1 is 1.43 bits per heavy atom. The third-order valence-corrected chi connectivity index (χ3v) is 4.61. The van der Waals surface area contributed by atoms with E-state index < -0.39 is 18.6 Å². The highest BCUT2D eigenvalue weighted by Crippen LogP contribution is 2.41. The van der Waals surface area contributed by atoms with Gasteiger partial charge in [0.25, 0.3) is 5.92 Å². The summed E-state index contributed by atoms with van der Waals surface area (Å²) in [6, 6.07) is 0. The van der Waals surface area contributed by atoms with Gasteiger partial charge in [-0.1, -0.05) is 5.21 Å². The maximum Gasteiger partial charge on any atom is 0.273 e. The van der Waals surface area contributed by atoms with E-state index in [1.807, 2.05) is 0 Å². The van der Waals surface area contributed by atoms with E-state index in [4.69, 9.17) is 4.74 Å². The van der Waals surface area contributed by atoms with Crippen molar-refractivity contribution in [3.8, 4) is 10.7 Å². The van der Waals surface area contributed by atoms with Crippen LogP contribution in [-0.4, -0.2) is 38.6 Å². The van der Waals surface area contributed by atoms with Crippen molar-refractivity contribution in [2.75, 3.05) is 6.61 Å². The van der Waals surface area contributed by atoms with E-state index in [0.29, 0.717) is 18.2 Å². The molecule has 1 atom stereocenters. The molecule has 0 N–H and O–H groups in total. The molecule has 1 aliphatic carbocycles. The van der Waals surface area contributed by atoms with Crippen LogP contribution in [0.15, 0.2) is 11.6 Å². The molecule has 0 radical (unpaired) electrons. The highest BCUT2D eigenvalue weighted by molar-refractivity contribution is 7.13. The Morgan fingerprint density at radius 3 is 3.00 bits per heavy atom. The standard InChI is InChI=1S/C13H14F2N4OS/c14-13(15)3-9(20-7-13)4-19-5-10(17-18-19)12-16-11(6-21-12)8-1-2-8/h5-6,8-9H,1-4,7H2. The molecule has 1 aliphatic heterocycles. The van der Waals surface area contributed by atoms with E-state index in [-0.39, 0.29) is 6.42 Å². The Bertz CT molecular complexity index is 652. The van der Waals surface area contributed by atoms with E-state index in [2.05, 4.69) is 20.7 Å². The number of aromatic nitrogens is 4. The Hall–Kier alpha value is -1.41. The third kappa shape index (κ3) is 2.82. The summed E-state index contributed by atoms with van der Waals surface area (Å²) in [4.78, 5) is 4.56. The Kier molecular flexibility index (Phi) is 3.04. The summed E-state index contributed by atoms with van der Waals surface area (Å²) in [7, 11) is 0. The minimum absolute atomic E-state index is 0.259. The first-order valence-corrected chi connectivity index (χ1v) is 7.82. The average molecular weight is 312 g/mol. The molecule has 2 aromatic heterocycles. The highest BCUT2D eigenvalue weighted by Gasteiger charge is 2.40. The molecular formula is C13H14F2N4OS. The fraction of sp³-hybridized carbons (Fsp3) is 0.615. The van der Waals surface area contributed by atoms with Crippen molar-refractivity contribution in [2.24, 2.45) is 0 Å². The van der Waals surface area contributed by atoms with Gasteiger partial charge in [0.15, 0.2) is 0 Å². The first kappa shape index (κ1) is 13.3. The fourth-order valence-corrected chi connectivity index (χ4v) is 3.32. The molecular weight excluding hydrogens is 298 g/mol. The van der Waals surface area contributed by atoms with Crippen LogP contribution in [0.25, 0.3) is 10.7 Å². The lowest BCUT2D eigenvalue weighted by Gasteiger charge is -2.07. The maximum absolute atomic E-state index is 13.1. The monoisotopic (exact) mass is 312 g/mol. The zero-order chi connectivity index (χ0) is 14.4. The van der Waals surface area contributed by atoms with Crippen molar-refractivity contribution >= 4 is 11.3 Å². The third-order valence-electron chi connectivity index (χ3n) is 3.72. The van der Waals surface area contributed by atoms with E-state index in [1.165, 1.54) is 12.8 Å². The predicted molar refractivity (Wildman–Crippen MR) is 72.4 cm³/mol. The molecule has 3 heterocycles. The molecule has 5 nitrogen and oxygen atoms in total. The van der Waals surface area contributed by atoms with Gasteiger partial charge in [-0.25, -0.2) is 18.4 Å². The minimum atomic E-state index is -2.72. The van der Waals surface area contributed by atoms with Crippen LogP contribution in [0.5, 0.6) is 0 Å². The summed E-state index contributed by atoms with van der Waals surface area (Å²) in [5.41, 5.74) is 1.82. The van der Waals surface area contributed by atoms with Crippen LogP contribution >= 0.6 is 11.3 Å². The molecule has 0 aromatic carbocycles. The van der Waals surface area contributed by atoms with Crippen LogP contribution in [0.1, 0.15) is 30.9 Å². The molecule has 21 heavy (non-hydrogen) atoms. The van der Waals surface area contributed by atoms with Gasteiger partial charge in [0.05, 0.1) is 24.5 Å². The van der Waals surface area contributed by atoms with Crippen LogP contribution in [0.2, 0.25) is 0 Å². The van der Waals surface area contributed by atoms with Crippen LogP contribution in [0.4, 0.5) is 8.78 Å². The lowest BCUT2D eigenvalue weighted by molar-refractivity contribution is -0.0107. The van der Waals surface area contributed by atoms with Crippen molar-refractivity contribution in [1.82, 2.24) is 20.0 Å². The van der Waals surface area contributed by atoms with Gasteiger partial charge in [0.2, 0.25) is 0 Å². The van der Waals surface area contributed by atoms with Gasteiger partial charge < -0.3 is 4.74 Å². The maximum atomic E-state index is 13.1. The van der Waals surface area contributed by atoms with Gasteiger partial charge in [0.1, 0.15) is 17.3 Å². The zero-order valence-electron chi connectivity index (χ0n) is 11.2. The summed E-state index contributed by atoms with van der Waals surface area (Å²) in [6.07, 6.45) is 3.40. The molecule has 0 spiro atoms. The summed E-state index contributed by atoms with van der Waals surface area (Å²) < 4.78 is 32.8. The van der Waals surface area contributed by atoms with Crippen molar-refractivity contribution in [3.63, 3.8) is 0 Å². The molecule has 2 aliphatic rings. The second-order valence-electron chi connectivity index (χ2n) is 5.67. The molecule has 112 valence electrons. The van der Waals surface area contributed by atoms with Gasteiger partial charge in [-0.15, -0.1) is 16.4 Å². The van der Waals surface area contributed by atoms with Crippen LogP contribution in [0, 0.1) is 0 Å². The number of halogens is 2. The number of thiazole rings is 1.